The van der Waals surface area contributed by atoms with E-state index in [4.69, 9.17) is 28.9 Å². The Morgan fingerprint density at radius 3 is 2.04 bits per heavy atom. The first-order chi connectivity index (χ1) is 12.8. The first kappa shape index (κ1) is 20.8. The minimum Gasteiger partial charge on any atom is -0.383 e. The molecule has 150 valence electrons. The molecular weight excluding hydrogens is 455 g/mol. The number of thioether (sulfide) groups is 1. The lowest BCUT2D eigenvalue weighted by Crippen LogP contribution is -2.11. The minimum absolute atomic E-state index is 0.00692. The highest BCUT2D eigenvalue weighted by Crippen LogP contribution is 2.40. The van der Waals surface area contributed by atoms with Gasteiger partial charge in [-0.25, -0.2) is 14.6 Å². The molecule has 28 heavy (non-hydrogen) atoms. The predicted molar refractivity (Wildman–Crippen MR) is 92.9 cm³/mol. The summed E-state index contributed by atoms with van der Waals surface area (Å²) in [7, 11) is 0. The molecule has 0 aliphatic heterocycles. The minimum atomic E-state index is -4.83. The Labute approximate surface area is 166 Å². The van der Waals surface area contributed by atoms with Crippen LogP contribution in [-0.4, -0.2) is 26.0 Å². The number of aromatic nitrogens is 4. The topological polar surface area (TPSA) is 69.6 Å². The zero-order valence-electron chi connectivity index (χ0n) is 13.5. The third-order valence-electron chi connectivity index (χ3n) is 3.54. The summed E-state index contributed by atoms with van der Waals surface area (Å²) in [6.45, 7) is 0. The number of alkyl halides is 6. The van der Waals surface area contributed by atoms with Gasteiger partial charge in [0.05, 0.1) is 21.0 Å². The van der Waals surface area contributed by atoms with Crippen molar-refractivity contribution in [3.05, 3.63) is 33.6 Å². The number of nitrogens with two attached hydrogens (primary N) is 1. The maximum Gasteiger partial charge on any atom is 0.451 e. The van der Waals surface area contributed by atoms with Crippen LogP contribution >= 0.6 is 35.0 Å². The van der Waals surface area contributed by atoms with Crippen molar-refractivity contribution in [2.24, 2.45) is 0 Å². The fourth-order valence-corrected chi connectivity index (χ4v) is 3.58. The van der Waals surface area contributed by atoms with E-state index in [1.165, 1.54) is 6.26 Å². The van der Waals surface area contributed by atoms with Gasteiger partial charge in [0.25, 0.3) is 0 Å². The molecule has 5 nitrogen and oxygen atoms in total. The first-order valence-corrected chi connectivity index (χ1v) is 9.06. The zero-order valence-corrected chi connectivity index (χ0v) is 15.8. The van der Waals surface area contributed by atoms with E-state index in [-0.39, 0.29) is 21.9 Å². The number of hydrogen-bond donors (Lipinski definition) is 1. The Bertz CT molecular complexity index is 1060. The number of halogens is 8. The lowest BCUT2D eigenvalue weighted by molar-refractivity contribution is -0.145. The van der Waals surface area contributed by atoms with Gasteiger partial charge in [0.15, 0.2) is 5.65 Å². The Hall–Kier alpha value is -1.92. The molecule has 3 rings (SSSR count). The molecule has 0 amide bonds. The number of nitrogen functional groups attached to an aromatic ring is 1. The molecule has 0 atom stereocenters. The van der Waals surface area contributed by atoms with E-state index in [2.05, 4.69) is 15.1 Å². The molecule has 3 aromatic rings. The molecule has 2 aromatic heterocycles. The van der Waals surface area contributed by atoms with Gasteiger partial charge in [-0.3, -0.25) is 0 Å². The van der Waals surface area contributed by atoms with Gasteiger partial charge >= 0.3 is 12.4 Å². The highest BCUT2D eigenvalue weighted by atomic mass is 35.5. The zero-order chi connectivity index (χ0) is 21.0. The highest BCUT2D eigenvalue weighted by molar-refractivity contribution is 7.98. The van der Waals surface area contributed by atoms with Crippen molar-refractivity contribution in [2.45, 2.75) is 17.4 Å². The van der Waals surface area contributed by atoms with Crippen molar-refractivity contribution < 1.29 is 26.3 Å². The van der Waals surface area contributed by atoms with E-state index in [0.717, 1.165) is 16.4 Å². The van der Waals surface area contributed by atoms with Crippen molar-refractivity contribution in [1.82, 2.24) is 19.7 Å². The summed E-state index contributed by atoms with van der Waals surface area (Å²) in [5.41, 5.74) is 4.21. The van der Waals surface area contributed by atoms with Gasteiger partial charge in [-0.15, -0.1) is 16.9 Å². The number of nitrogens with zero attached hydrogens (tertiary/aromatic N) is 4. The smallest absolute Gasteiger partial charge is 0.383 e. The van der Waals surface area contributed by atoms with Crippen LogP contribution in [0, 0.1) is 0 Å². The van der Waals surface area contributed by atoms with Crippen LogP contribution in [0.5, 0.6) is 0 Å². The van der Waals surface area contributed by atoms with Gasteiger partial charge in [-0.05, 0) is 18.4 Å². The first-order valence-electron chi connectivity index (χ1n) is 7.08. The van der Waals surface area contributed by atoms with E-state index in [9.17, 15) is 26.3 Å². The summed E-state index contributed by atoms with van der Waals surface area (Å²) in [4.78, 5) is 6.78. The Kier molecular flexibility index (Phi) is 5.09. The lowest BCUT2D eigenvalue weighted by atomic mass is 10.2. The molecule has 0 radical (unpaired) electrons. The van der Waals surface area contributed by atoms with Crippen molar-refractivity contribution in [1.29, 1.82) is 0 Å². The maximum absolute atomic E-state index is 13.0. The van der Waals surface area contributed by atoms with Crippen LogP contribution in [0.1, 0.15) is 11.4 Å². The molecular formula is C14H7Cl2F6N5S. The second-order valence-electron chi connectivity index (χ2n) is 5.34. The van der Waals surface area contributed by atoms with Crippen molar-refractivity contribution in [3.8, 4) is 5.69 Å². The number of rotatable bonds is 2. The number of hydrogen-bond acceptors (Lipinski definition) is 5. The van der Waals surface area contributed by atoms with Gasteiger partial charge in [0, 0.05) is 0 Å². The molecule has 0 bridgehead atoms. The van der Waals surface area contributed by atoms with E-state index in [1.807, 2.05) is 0 Å². The standard InChI is InChI=1S/C14H7Cl2F6N5S/c1-28-11-7-9(23)27(26-10(7)24-12(25-11)14(20,21)22)8-5(15)2-4(3-6(8)16)13(17,18)19/h2-3H,23H2,1H3. The van der Waals surface area contributed by atoms with E-state index in [1.54, 1.807) is 0 Å². The van der Waals surface area contributed by atoms with E-state index in [0.29, 0.717) is 12.1 Å². The monoisotopic (exact) mass is 461 g/mol. The third kappa shape index (κ3) is 3.55. The van der Waals surface area contributed by atoms with Crippen LogP contribution in [-0.2, 0) is 12.4 Å². The summed E-state index contributed by atoms with van der Waals surface area (Å²) in [5, 5.41) is 2.84. The van der Waals surface area contributed by atoms with Gasteiger partial charge in [0.1, 0.15) is 16.5 Å². The quantitative estimate of drug-likeness (QED) is 0.311. The van der Waals surface area contributed by atoms with E-state index < -0.39 is 39.4 Å². The fraction of sp³-hybridized carbons (Fsp3) is 0.214. The SMILES string of the molecule is CSc1nc(C(F)(F)F)nc2nn(-c3c(Cl)cc(C(F)(F)F)cc3Cl)c(N)c12. The van der Waals surface area contributed by atoms with Crippen LogP contribution in [0.2, 0.25) is 10.0 Å². The second kappa shape index (κ2) is 6.85. The predicted octanol–water partition coefficient (Wildman–Crippen LogP) is 5.46. The summed E-state index contributed by atoms with van der Waals surface area (Å²) in [5.74, 6) is -1.66. The molecule has 14 heteroatoms. The van der Waals surface area contributed by atoms with E-state index >= 15 is 0 Å². The Morgan fingerprint density at radius 2 is 1.57 bits per heavy atom. The van der Waals surface area contributed by atoms with Crippen molar-refractivity contribution >= 4 is 51.8 Å². The maximum atomic E-state index is 13.0. The summed E-state index contributed by atoms with van der Waals surface area (Å²) in [6.07, 6.45) is -8.07. The molecule has 0 aliphatic rings. The normalized spacial score (nSPS) is 12.8. The summed E-state index contributed by atoms with van der Waals surface area (Å²) in [6, 6.07) is 1.22. The average molecular weight is 462 g/mol. The van der Waals surface area contributed by atoms with Crippen molar-refractivity contribution in [3.63, 3.8) is 0 Å². The number of anilines is 1. The second-order valence-corrected chi connectivity index (χ2v) is 6.95. The molecule has 0 saturated carbocycles. The number of benzene rings is 1. The largest absolute Gasteiger partial charge is 0.451 e. The fourth-order valence-electron chi connectivity index (χ4n) is 2.36. The molecule has 1 aromatic carbocycles. The van der Waals surface area contributed by atoms with Crippen LogP contribution in [0.3, 0.4) is 0 Å². The molecule has 2 heterocycles. The third-order valence-corrected chi connectivity index (χ3v) is 4.80. The number of fused-ring (bicyclic) bond motifs is 1. The van der Waals surface area contributed by atoms with Crippen LogP contribution in [0.25, 0.3) is 16.7 Å². The summed E-state index contributed by atoms with van der Waals surface area (Å²) >= 11 is 12.7. The molecule has 2 N–H and O–H groups in total. The molecule has 0 fully saturated rings. The molecule has 0 unspecified atom stereocenters. The Balaban J connectivity index is 2.30. The average Bonchev–Trinajstić information content (AvgIpc) is 2.88. The van der Waals surface area contributed by atoms with Gasteiger partial charge in [-0.2, -0.15) is 26.3 Å². The molecule has 0 spiro atoms. The molecule has 0 aliphatic carbocycles. The van der Waals surface area contributed by atoms with Crippen LogP contribution in [0.4, 0.5) is 32.2 Å². The van der Waals surface area contributed by atoms with Gasteiger partial charge < -0.3 is 5.73 Å². The molecule has 0 saturated heterocycles. The van der Waals surface area contributed by atoms with Crippen molar-refractivity contribution in [2.75, 3.05) is 12.0 Å². The lowest BCUT2D eigenvalue weighted by Gasteiger charge is -2.13. The van der Waals surface area contributed by atoms with Gasteiger partial charge in [0.2, 0.25) is 5.82 Å². The van der Waals surface area contributed by atoms with Crippen LogP contribution < -0.4 is 5.73 Å². The Morgan fingerprint density at radius 1 is 1.00 bits per heavy atom. The highest BCUT2D eigenvalue weighted by Gasteiger charge is 2.37. The summed E-state index contributed by atoms with van der Waals surface area (Å²) < 4.78 is 78.5. The van der Waals surface area contributed by atoms with Gasteiger partial charge in [-0.1, -0.05) is 23.2 Å². The van der Waals surface area contributed by atoms with Crippen LogP contribution in [0.15, 0.2) is 17.2 Å².